The van der Waals surface area contributed by atoms with Gasteiger partial charge in [-0.3, -0.25) is 4.79 Å². The monoisotopic (exact) mass is 293 g/mol. The van der Waals surface area contributed by atoms with E-state index in [-0.39, 0.29) is 17.7 Å². The molecule has 0 spiro atoms. The van der Waals surface area contributed by atoms with Crippen LogP contribution in [0.2, 0.25) is 0 Å². The minimum absolute atomic E-state index is 0.105. The van der Waals surface area contributed by atoms with Crippen LogP contribution in [0.4, 0.5) is 0 Å². The van der Waals surface area contributed by atoms with Gasteiger partial charge in [0.15, 0.2) is 5.60 Å². The quantitative estimate of drug-likeness (QED) is 0.605. The average molecular weight is 293 g/mol. The van der Waals surface area contributed by atoms with E-state index >= 15 is 0 Å². The molecule has 0 bridgehead atoms. The van der Waals surface area contributed by atoms with Crippen molar-refractivity contribution in [2.45, 2.75) is 63.2 Å². The Kier molecular flexibility index (Phi) is 3.35. The first-order chi connectivity index (χ1) is 9.97. The molecule has 0 aromatic heterocycles. The molecule has 5 atom stereocenters. The van der Waals surface area contributed by atoms with Gasteiger partial charge in [0, 0.05) is 5.92 Å². The lowest BCUT2D eigenvalue weighted by atomic mass is 9.64. The molecule has 0 saturated carbocycles. The molecule has 2 saturated heterocycles. The van der Waals surface area contributed by atoms with Crippen molar-refractivity contribution in [1.29, 1.82) is 0 Å². The molecule has 2 fully saturated rings. The first-order valence-electron chi connectivity index (χ1n) is 7.87. The number of allylic oxidation sites excluding steroid dienone is 1. The Balaban J connectivity index is 1.94. The molecular formula is C16H23NO4. The molecule has 2 N–H and O–H groups in total. The first-order valence-corrected chi connectivity index (χ1v) is 7.87. The Morgan fingerprint density at radius 3 is 2.86 bits per heavy atom. The van der Waals surface area contributed by atoms with Crippen molar-refractivity contribution in [1.82, 2.24) is 5.32 Å². The topological polar surface area (TPSA) is 75.6 Å². The maximum atomic E-state index is 12.3. The van der Waals surface area contributed by atoms with E-state index in [0.29, 0.717) is 6.42 Å². The number of nitrogens with one attached hydrogen (secondary N) is 1. The molecule has 5 heteroatoms. The Bertz CT molecular complexity index is 503. The highest BCUT2D eigenvalue weighted by Gasteiger charge is 2.79. The largest absolute Gasteiger partial charge is 0.453 e. The average Bonchev–Trinajstić information content (AvgIpc) is 2.65. The summed E-state index contributed by atoms with van der Waals surface area (Å²) in [5.41, 5.74) is -2.20. The number of carbonyl (C=O) groups excluding carboxylic acids is 2. The molecule has 2 aliphatic heterocycles. The number of carbonyl (C=O) groups is 2. The number of aliphatic hydroxyl groups excluding tert-OH is 1. The second-order valence-electron chi connectivity index (χ2n) is 6.60. The van der Waals surface area contributed by atoms with E-state index in [1.807, 2.05) is 19.1 Å². The molecule has 3 aliphatic rings. The fourth-order valence-electron chi connectivity index (χ4n) is 4.17. The number of amides is 1. The second kappa shape index (κ2) is 4.83. The van der Waals surface area contributed by atoms with E-state index in [2.05, 4.69) is 5.32 Å². The zero-order valence-corrected chi connectivity index (χ0v) is 12.6. The van der Waals surface area contributed by atoms with E-state index in [0.717, 1.165) is 25.7 Å². The summed E-state index contributed by atoms with van der Waals surface area (Å²) >= 11 is 0. The molecule has 5 nitrogen and oxygen atoms in total. The van der Waals surface area contributed by atoms with Crippen LogP contribution in [-0.4, -0.2) is 34.2 Å². The van der Waals surface area contributed by atoms with Crippen LogP contribution in [0.25, 0.3) is 0 Å². The summed E-state index contributed by atoms with van der Waals surface area (Å²) in [5.74, 6) is -1.15. The lowest BCUT2D eigenvalue weighted by Crippen LogP contribution is -2.80. The number of ether oxygens (including phenoxy) is 1. The molecule has 1 amide bonds. The first kappa shape index (κ1) is 14.6. The highest BCUT2D eigenvalue weighted by molar-refractivity contribution is 6.01. The Labute approximate surface area is 124 Å². The van der Waals surface area contributed by atoms with Crippen LogP contribution in [0, 0.1) is 11.8 Å². The summed E-state index contributed by atoms with van der Waals surface area (Å²) in [4.78, 5) is 24.5. The molecule has 2 heterocycles. The normalized spacial score (nSPS) is 42.8. The highest BCUT2D eigenvalue weighted by Crippen LogP contribution is 2.53. The third-order valence-corrected chi connectivity index (χ3v) is 5.43. The van der Waals surface area contributed by atoms with Crippen LogP contribution in [0.15, 0.2) is 12.2 Å². The van der Waals surface area contributed by atoms with Gasteiger partial charge in [-0.25, -0.2) is 4.79 Å². The third-order valence-electron chi connectivity index (χ3n) is 5.43. The summed E-state index contributed by atoms with van der Waals surface area (Å²) < 4.78 is 5.40. The minimum Gasteiger partial charge on any atom is -0.453 e. The van der Waals surface area contributed by atoms with Crippen LogP contribution < -0.4 is 5.32 Å². The molecule has 3 rings (SSSR count). The van der Waals surface area contributed by atoms with Gasteiger partial charge >= 0.3 is 5.97 Å². The number of fused-ring (bicyclic) bond motifs is 1. The molecule has 21 heavy (non-hydrogen) atoms. The number of rotatable bonds is 4. The zero-order chi connectivity index (χ0) is 15.3. The van der Waals surface area contributed by atoms with Crippen molar-refractivity contribution in [2.75, 3.05) is 0 Å². The van der Waals surface area contributed by atoms with Gasteiger partial charge < -0.3 is 15.2 Å². The standard InChI is InChI=1S/C16H23NO4/c1-3-7-11-13(19)17-16(14(20)21-15(11,16)2)12(18)10-8-5-4-6-9-10/h5,8,10-12,18H,3-4,6-7,9H2,1-2H3,(H,17,19)/t10?,11-,12-,15-,16-/m0/s1. The maximum absolute atomic E-state index is 12.3. The lowest BCUT2D eigenvalue weighted by Gasteiger charge is -2.54. The van der Waals surface area contributed by atoms with Crippen molar-refractivity contribution in [3.63, 3.8) is 0 Å². The van der Waals surface area contributed by atoms with Gasteiger partial charge in [-0.2, -0.15) is 0 Å². The van der Waals surface area contributed by atoms with E-state index in [1.54, 1.807) is 6.92 Å². The fraction of sp³-hybridized carbons (Fsp3) is 0.750. The van der Waals surface area contributed by atoms with Crippen LogP contribution in [-0.2, 0) is 14.3 Å². The van der Waals surface area contributed by atoms with Crippen molar-refractivity contribution < 1.29 is 19.4 Å². The van der Waals surface area contributed by atoms with Crippen LogP contribution in [0.1, 0.15) is 46.0 Å². The number of hydrogen-bond acceptors (Lipinski definition) is 4. The third kappa shape index (κ3) is 1.73. The summed E-state index contributed by atoms with van der Waals surface area (Å²) in [6.45, 7) is 3.78. The van der Waals surface area contributed by atoms with Crippen molar-refractivity contribution in [2.24, 2.45) is 11.8 Å². The smallest absolute Gasteiger partial charge is 0.339 e. The Morgan fingerprint density at radius 2 is 2.29 bits per heavy atom. The van der Waals surface area contributed by atoms with Crippen LogP contribution in [0.5, 0.6) is 0 Å². The summed E-state index contributed by atoms with van der Waals surface area (Å²) in [7, 11) is 0. The molecule has 0 aromatic rings. The molecule has 0 radical (unpaired) electrons. The molecule has 0 aromatic carbocycles. The van der Waals surface area contributed by atoms with E-state index in [9.17, 15) is 14.7 Å². The van der Waals surface area contributed by atoms with Gasteiger partial charge in [-0.15, -0.1) is 0 Å². The molecular weight excluding hydrogens is 270 g/mol. The van der Waals surface area contributed by atoms with Crippen molar-refractivity contribution in [3.8, 4) is 0 Å². The summed E-state index contributed by atoms with van der Waals surface area (Å²) in [5, 5.41) is 13.6. The van der Waals surface area contributed by atoms with Crippen LogP contribution >= 0.6 is 0 Å². The second-order valence-corrected chi connectivity index (χ2v) is 6.60. The van der Waals surface area contributed by atoms with E-state index in [4.69, 9.17) is 4.74 Å². The Morgan fingerprint density at radius 1 is 1.52 bits per heavy atom. The minimum atomic E-state index is -1.27. The summed E-state index contributed by atoms with van der Waals surface area (Å²) in [6.07, 6.45) is 7.40. The van der Waals surface area contributed by atoms with Gasteiger partial charge in [0.25, 0.3) is 0 Å². The van der Waals surface area contributed by atoms with Gasteiger partial charge in [0.2, 0.25) is 11.4 Å². The SMILES string of the molecule is CCC[C@H]1C(=O)N[C@@]2([C@@H](O)C3C=CCCC3)C(=O)O[C@@]12C. The van der Waals surface area contributed by atoms with E-state index in [1.165, 1.54) is 0 Å². The van der Waals surface area contributed by atoms with Crippen molar-refractivity contribution >= 4 is 11.9 Å². The lowest BCUT2D eigenvalue weighted by molar-refractivity contribution is -0.238. The molecule has 116 valence electrons. The van der Waals surface area contributed by atoms with Gasteiger partial charge in [0.05, 0.1) is 12.0 Å². The fourth-order valence-corrected chi connectivity index (χ4v) is 4.17. The highest BCUT2D eigenvalue weighted by atomic mass is 16.6. The molecule has 1 unspecified atom stereocenters. The predicted molar refractivity (Wildman–Crippen MR) is 76.3 cm³/mol. The maximum Gasteiger partial charge on any atom is 0.339 e. The van der Waals surface area contributed by atoms with Crippen molar-refractivity contribution in [3.05, 3.63) is 12.2 Å². The zero-order valence-electron chi connectivity index (χ0n) is 12.6. The number of aliphatic hydroxyl groups is 1. The number of hydrogen-bond donors (Lipinski definition) is 2. The van der Waals surface area contributed by atoms with E-state index < -0.39 is 23.2 Å². The van der Waals surface area contributed by atoms with Gasteiger partial charge in [-0.05, 0) is 32.6 Å². The number of esters is 1. The van der Waals surface area contributed by atoms with Crippen LogP contribution in [0.3, 0.4) is 0 Å². The molecule has 1 aliphatic carbocycles. The Hall–Kier alpha value is -1.36. The predicted octanol–water partition coefficient (Wildman–Crippen LogP) is 1.30. The van der Waals surface area contributed by atoms with Gasteiger partial charge in [-0.1, -0.05) is 25.5 Å². The van der Waals surface area contributed by atoms with Gasteiger partial charge in [0.1, 0.15) is 0 Å². The summed E-state index contributed by atoms with van der Waals surface area (Å²) in [6, 6.07) is 0.